The van der Waals surface area contributed by atoms with Crippen LogP contribution in [0.2, 0.25) is 0 Å². The lowest BCUT2D eigenvalue weighted by Gasteiger charge is -2.05. The first kappa shape index (κ1) is 14.9. The fourth-order valence-electron chi connectivity index (χ4n) is 2.60. The topological polar surface area (TPSA) is 47.3 Å². The predicted octanol–water partition coefficient (Wildman–Crippen LogP) is 3.84. The zero-order valence-corrected chi connectivity index (χ0v) is 14.0. The van der Waals surface area contributed by atoms with Crippen molar-refractivity contribution in [3.63, 3.8) is 0 Å². The van der Waals surface area contributed by atoms with Crippen LogP contribution in [0.1, 0.15) is 11.3 Å². The minimum absolute atomic E-state index is 0.0536. The van der Waals surface area contributed by atoms with Crippen molar-refractivity contribution in [3.05, 3.63) is 82.4 Å². The molecule has 0 aliphatic rings. The number of para-hydroxylation sites is 1. The van der Waals surface area contributed by atoms with E-state index in [1.807, 2.05) is 49.4 Å². The van der Waals surface area contributed by atoms with Crippen LogP contribution >= 0.6 is 11.8 Å². The first-order valence-electron chi connectivity index (χ1n) is 7.67. The van der Waals surface area contributed by atoms with E-state index in [-0.39, 0.29) is 5.56 Å². The Morgan fingerprint density at radius 2 is 1.92 bits per heavy atom. The Hall–Kier alpha value is -2.66. The van der Waals surface area contributed by atoms with Crippen molar-refractivity contribution >= 4 is 28.3 Å². The van der Waals surface area contributed by atoms with Crippen LogP contribution in [0.5, 0.6) is 0 Å². The maximum Gasteiger partial charge on any atom is 0.258 e. The molecule has 0 radical (unpaired) electrons. The van der Waals surface area contributed by atoms with Crippen molar-refractivity contribution in [1.29, 1.82) is 0 Å². The normalized spacial score (nSPS) is 11.2. The number of hydrogen-bond donors (Lipinski definition) is 0. The predicted molar refractivity (Wildman–Crippen MR) is 97.5 cm³/mol. The molecule has 0 bridgehead atoms. The van der Waals surface area contributed by atoms with Gasteiger partial charge >= 0.3 is 0 Å². The lowest BCUT2D eigenvalue weighted by molar-refractivity contribution is 1.01. The van der Waals surface area contributed by atoms with Crippen LogP contribution in [0.3, 0.4) is 0 Å². The highest BCUT2D eigenvalue weighted by atomic mass is 32.2. The van der Waals surface area contributed by atoms with E-state index in [0.717, 1.165) is 27.2 Å². The lowest BCUT2D eigenvalue weighted by atomic mass is 10.2. The summed E-state index contributed by atoms with van der Waals surface area (Å²) >= 11 is 1.59. The van der Waals surface area contributed by atoms with Gasteiger partial charge in [0.05, 0.1) is 16.2 Å². The van der Waals surface area contributed by atoms with Crippen molar-refractivity contribution in [3.8, 4) is 0 Å². The van der Waals surface area contributed by atoms with Crippen LogP contribution < -0.4 is 5.56 Å². The number of benzene rings is 1. The Kier molecular flexibility index (Phi) is 3.78. The number of hydrogen-bond acceptors (Lipinski definition) is 4. The molecule has 4 nitrogen and oxygen atoms in total. The van der Waals surface area contributed by atoms with Gasteiger partial charge in [-0.25, -0.2) is 9.97 Å². The third-order valence-corrected chi connectivity index (χ3v) is 4.78. The Bertz CT molecular complexity index is 1100. The number of thioether (sulfide) groups is 1. The van der Waals surface area contributed by atoms with E-state index >= 15 is 0 Å². The van der Waals surface area contributed by atoms with Crippen LogP contribution in [0.25, 0.3) is 16.6 Å². The minimum atomic E-state index is -0.0536. The molecule has 0 atom stereocenters. The molecule has 4 rings (SSSR count). The molecule has 0 N–H and O–H groups in total. The van der Waals surface area contributed by atoms with Crippen LogP contribution in [-0.4, -0.2) is 14.4 Å². The summed E-state index contributed by atoms with van der Waals surface area (Å²) in [7, 11) is 0. The summed E-state index contributed by atoms with van der Waals surface area (Å²) < 4.78 is 1.56. The average Bonchev–Trinajstić information content (AvgIpc) is 2.59. The molecule has 0 aliphatic heterocycles. The molecule has 4 aromatic rings. The van der Waals surface area contributed by atoms with Gasteiger partial charge in [-0.1, -0.05) is 24.3 Å². The molecule has 0 saturated carbocycles. The fraction of sp³-hybridized carbons (Fsp3) is 0.105. The van der Waals surface area contributed by atoms with E-state index in [0.29, 0.717) is 11.4 Å². The fourth-order valence-corrected chi connectivity index (χ4v) is 3.37. The average molecular weight is 333 g/mol. The maximum absolute atomic E-state index is 12.2. The molecule has 0 spiro atoms. The molecule has 0 aliphatic carbocycles. The van der Waals surface area contributed by atoms with E-state index in [2.05, 4.69) is 16.0 Å². The van der Waals surface area contributed by atoms with Gasteiger partial charge in [-0.05, 0) is 36.8 Å². The second-order valence-electron chi connectivity index (χ2n) is 5.65. The van der Waals surface area contributed by atoms with Crippen molar-refractivity contribution in [2.75, 3.05) is 0 Å². The molecule has 5 heteroatoms. The van der Waals surface area contributed by atoms with Crippen LogP contribution in [0, 0.1) is 6.92 Å². The molecular formula is C19H15N3OS. The Morgan fingerprint density at radius 3 is 2.83 bits per heavy atom. The second kappa shape index (κ2) is 6.09. The van der Waals surface area contributed by atoms with Crippen molar-refractivity contribution in [2.24, 2.45) is 0 Å². The van der Waals surface area contributed by atoms with Gasteiger partial charge in [0.2, 0.25) is 0 Å². The van der Waals surface area contributed by atoms with Gasteiger partial charge in [0.15, 0.2) is 0 Å². The molecular weight excluding hydrogens is 318 g/mol. The summed E-state index contributed by atoms with van der Waals surface area (Å²) in [4.78, 5) is 21.4. The summed E-state index contributed by atoms with van der Waals surface area (Å²) in [5.74, 6) is 0.616. The number of aromatic nitrogens is 3. The number of fused-ring (bicyclic) bond motifs is 2. The Labute approximate surface area is 143 Å². The minimum Gasteiger partial charge on any atom is -0.269 e. The highest BCUT2D eigenvalue weighted by Gasteiger charge is 2.05. The van der Waals surface area contributed by atoms with E-state index in [1.54, 1.807) is 28.4 Å². The van der Waals surface area contributed by atoms with Crippen LogP contribution in [0.15, 0.2) is 70.6 Å². The zero-order valence-electron chi connectivity index (χ0n) is 13.1. The van der Waals surface area contributed by atoms with Gasteiger partial charge in [-0.2, -0.15) is 0 Å². The molecule has 3 heterocycles. The molecule has 24 heavy (non-hydrogen) atoms. The number of pyridine rings is 2. The van der Waals surface area contributed by atoms with E-state index in [9.17, 15) is 4.79 Å². The summed E-state index contributed by atoms with van der Waals surface area (Å²) in [6.07, 6.45) is 1.77. The van der Waals surface area contributed by atoms with Crippen molar-refractivity contribution in [2.45, 2.75) is 17.7 Å². The van der Waals surface area contributed by atoms with E-state index in [1.165, 1.54) is 0 Å². The molecule has 0 saturated heterocycles. The maximum atomic E-state index is 12.2. The van der Waals surface area contributed by atoms with Crippen LogP contribution in [0.4, 0.5) is 0 Å². The third-order valence-electron chi connectivity index (χ3n) is 3.82. The van der Waals surface area contributed by atoms with Crippen molar-refractivity contribution < 1.29 is 0 Å². The van der Waals surface area contributed by atoms with Gasteiger partial charge in [0.1, 0.15) is 5.65 Å². The van der Waals surface area contributed by atoms with Crippen LogP contribution in [-0.2, 0) is 5.75 Å². The first-order chi connectivity index (χ1) is 11.7. The van der Waals surface area contributed by atoms with Gasteiger partial charge in [-0.15, -0.1) is 11.8 Å². The quantitative estimate of drug-likeness (QED) is 0.534. The summed E-state index contributed by atoms with van der Waals surface area (Å²) in [6.45, 7) is 1.99. The number of aryl methyl sites for hydroxylation is 1. The van der Waals surface area contributed by atoms with Gasteiger partial charge in [0, 0.05) is 23.4 Å². The molecule has 0 amide bonds. The highest BCUT2D eigenvalue weighted by Crippen LogP contribution is 2.22. The standard InChI is InChI=1S/C19H15N3OS/c1-13-8-9-22-17(10-13)20-15(11-19(22)23)12-24-18-7-6-14-4-2-3-5-16(14)21-18/h2-11H,12H2,1H3. The van der Waals surface area contributed by atoms with E-state index in [4.69, 9.17) is 0 Å². The summed E-state index contributed by atoms with van der Waals surface area (Å²) in [5.41, 5.74) is 3.46. The SMILES string of the molecule is Cc1ccn2c(=O)cc(CSc3ccc4ccccc4n3)nc2c1. The molecule has 3 aromatic heterocycles. The first-order valence-corrected chi connectivity index (χ1v) is 8.65. The molecule has 1 aromatic carbocycles. The van der Waals surface area contributed by atoms with Gasteiger partial charge in [-0.3, -0.25) is 9.20 Å². The highest BCUT2D eigenvalue weighted by molar-refractivity contribution is 7.98. The molecule has 0 fully saturated rings. The number of nitrogens with zero attached hydrogens (tertiary/aromatic N) is 3. The Morgan fingerprint density at radius 1 is 1.04 bits per heavy atom. The monoisotopic (exact) mass is 333 g/mol. The molecule has 0 unspecified atom stereocenters. The van der Waals surface area contributed by atoms with Gasteiger partial charge < -0.3 is 0 Å². The van der Waals surface area contributed by atoms with Gasteiger partial charge in [0.25, 0.3) is 5.56 Å². The third kappa shape index (κ3) is 2.90. The number of rotatable bonds is 3. The summed E-state index contributed by atoms with van der Waals surface area (Å²) in [6, 6.07) is 17.5. The lowest BCUT2D eigenvalue weighted by Crippen LogP contribution is -2.15. The Balaban J connectivity index is 1.62. The zero-order chi connectivity index (χ0) is 16.5. The smallest absolute Gasteiger partial charge is 0.258 e. The van der Waals surface area contributed by atoms with Crippen molar-refractivity contribution in [1.82, 2.24) is 14.4 Å². The second-order valence-corrected chi connectivity index (χ2v) is 6.64. The molecule has 118 valence electrons. The van der Waals surface area contributed by atoms with E-state index < -0.39 is 0 Å². The summed E-state index contributed by atoms with van der Waals surface area (Å²) in [5, 5.41) is 2.05. The largest absolute Gasteiger partial charge is 0.269 e.